The number of rotatable bonds is 4. The Hall–Kier alpha value is -3.12. The van der Waals surface area contributed by atoms with Crippen molar-refractivity contribution in [3.63, 3.8) is 0 Å². The van der Waals surface area contributed by atoms with Gasteiger partial charge in [-0.1, -0.05) is 29.8 Å². The second kappa shape index (κ2) is 7.24. The summed E-state index contributed by atoms with van der Waals surface area (Å²) >= 11 is 0. The van der Waals surface area contributed by atoms with Crippen LogP contribution in [0.5, 0.6) is 0 Å². The molecule has 2 amide bonds. The van der Waals surface area contributed by atoms with Crippen molar-refractivity contribution in [2.75, 3.05) is 11.4 Å². The smallest absolute Gasteiger partial charge is 0.239 e. The summed E-state index contributed by atoms with van der Waals surface area (Å²) in [5.41, 5.74) is 2.62. The van der Waals surface area contributed by atoms with Crippen LogP contribution in [-0.4, -0.2) is 46.9 Å². The fourth-order valence-corrected chi connectivity index (χ4v) is 5.50. The Morgan fingerprint density at radius 3 is 2.13 bits per heavy atom. The Labute approximate surface area is 180 Å². The van der Waals surface area contributed by atoms with Crippen LogP contribution in [0.25, 0.3) is 0 Å². The van der Waals surface area contributed by atoms with E-state index < -0.39 is 17.9 Å². The van der Waals surface area contributed by atoms with E-state index in [9.17, 15) is 19.2 Å². The maximum absolute atomic E-state index is 13.5. The molecule has 0 spiro atoms. The van der Waals surface area contributed by atoms with E-state index in [1.165, 1.54) is 11.8 Å². The minimum absolute atomic E-state index is 0.0761. The number of hydrogen-bond acceptors (Lipinski definition) is 5. The first kappa shape index (κ1) is 19.8. The largest absolute Gasteiger partial charge is 0.295 e. The average Bonchev–Trinajstić information content (AvgIpc) is 3.40. The number of carbonyl (C=O) groups excluding carboxylic acids is 4. The zero-order chi connectivity index (χ0) is 21.9. The molecule has 3 saturated heterocycles. The van der Waals surface area contributed by atoms with Gasteiger partial charge in [-0.05, 0) is 57.5 Å². The van der Waals surface area contributed by atoms with Gasteiger partial charge in [0.2, 0.25) is 11.8 Å². The molecule has 3 fully saturated rings. The molecule has 0 saturated carbocycles. The first-order valence-electron chi connectivity index (χ1n) is 10.7. The second-order valence-corrected chi connectivity index (χ2v) is 8.79. The molecule has 158 valence electrons. The summed E-state index contributed by atoms with van der Waals surface area (Å²) in [5.74, 6) is -1.88. The summed E-state index contributed by atoms with van der Waals surface area (Å²) in [7, 11) is 0. The van der Waals surface area contributed by atoms with Gasteiger partial charge in [-0.2, -0.15) is 0 Å². The molecule has 0 bridgehead atoms. The van der Waals surface area contributed by atoms with Crippen LogP contribution in [0.15, 0.2) is 48.5 Å². The minimum atomic E-state index is -0.668. The van der Waals surface area contributed by atoms with Crippen molar-refractivity contribution < 1.29 is 19.2 Å². The number of Topliss-reactive ketones (excluding diaryl/α,β-unsaturated/α-hetero) is 2. The van der Waals surface area contributed by atoms with Crippen molar-refractivity contribution in [3.05, 3.63) is 65.2 Å². The molecule has 0 radical (unpaired) electrons. The number of amides is 2. The normalized spacial score (nSPS) is 27.5. The molecule has 3 aliphatic rings. The lowest BCUT2D eigenvalue weighted by Gasteiger charge is -2.27. The molecule has 4 atom stereocenters. The highest BCUT2D eigenvalue weighted by molar-refractivity contribution is 6.24. The maximum atomic E-state index is 13.5. The van der Waals surface area contributed by atoms with Gasteiger partial charge >= 0.3 is 0 Å². The Kier molecular flexibility index (Phi) is 4.63. The van der Waals surface area contributed by atoms with Gasteiger partial charge in [0.25, 0.3) is 0 Å². The fourth-order valence-electron chi connectivity index (χ4n) is 5.50. The molecule has 0 unspecified atom stereocenters. The van der Waals surface area contributed by atoms with Gasteiger partial charge in [0, 0.05) is 17.2 Å². The number of benzene rings is 2. The van der Waals surface area contributed by atoms with Crippen LogP contribution in [0, 0.1) is 18.8 Å². The number of nitrogens with zero attached hydrogens (tertiary/aromatic N) is 2. The highest BCUT2D eigenvalue weighted by Crippen LogP contribution is 2.48. The average molecular weight is 416 g/mol. The maximum Gasteiger partial charge on any atom is 0.239 e. The first-order valence-corrected chi connectivity index (χ1v) is 10.7. The molecule has 3 heterocycles. The van der Waals surface area contributed by atoms with E-state index in [1.807, 2.05) is 19.1 Å². The molecule has 0 aliphatic carbocycles. The van der Waals surface area contributed by atoms with Gasteiger partial charge in [0.1, 0.15) is 0 Å². The van der Waals surface area contributed by atoms with Crippen LogP contribution in [0.4, 0.5) is 5.69 Å². The van der Waals surface area contributed by atoms with E-state index in [0.29, 0.717) is 16.8 Å². The number of carbonyl (C=O) groups is 4. The molecule has 3 aliphatic heterocycles. The van der Waals surface area contributed by atoms with Gasteiger partial charge in [-0.3, -0.25) is 24.1 Å². The number of imide groups is 1. The number of anilines is 1. The van der Waals surface area contributed by atoms with Gasteiger partial charge in [0.15, 0.2) is 11.6 Å². The third-order valence-corrected chi connectivity index (χ3v) is 6.99. The monoisotopic (exact) mass is 416 g/mol. The topological polar surface area (TPSA) is 74.8 Å². The van der Waals surface area contributed by atoms with Crippen molar-refractivity contribution in [2.24, 2.45) is 11.8 Å². The lowest BCUT2D eigenvalue weighted by Crippen LogP contribution is -2.46. The summed E-state index contributed by atoms with van der Waals surface area (Å²) < 4.78 is 0. The fraction of sp³-hybridized carbons (Fsp3) is 0.360. The van der Waals surface area contributed by atoms with E-state index in [4.69, 9.17) is 0 Å². The van der Waals surface area contributed by atoms with E-state index >= 15 is 0 Å². The van der Waals surface area contributed by atoms with Crippen molar-refractivity contribution in [1.82, 2.24) is 4.90 Å². The second-order valence-electron chi connectivity index (χ2n) is 8.79. The molecule has 6 nitrogen and oxygen atoms in total. The first-order chi connectivity index (χ1) is 14.9. The minimum Gasteiger partial charge on any atom is -0.295 e. The third kappa shape index (κ3) is 2.97. The summed E-state index contributed by atoms with van der Waals surface area (Å²) in [6.45, 7) is 4.17. The molecular formula is C25H24N2O4. The third-order valence-electron chi connectivity index (χ3n) is 6.99. The van der Waals surface area contributed by atoms with Crippen molar-refractivity contribution in [1.29, 1.82) is 0 Å². The van der Waals surface area contributed by atoms with E-state index in [-0.39, 0.29) is 29.4 Å². The summed E-state index contributed by atoms with van der Waals surface area (Å²) in [4.78, 5) is 55.3. The standard InChI is InChI=1S/C25H24N2O4/c1-14-5-7-17(8-6-14)23(29)22-21-20(19-4-3-13-26(19)22)24(30)27(25(21)31)18-11-9-16(10-12-18)15(2)28/h5-12,19-22H,3-4,13H2,1-2H3/t19-,20-,21-,22+/m0/s1. The van der Waals surface area contributed by atoms with Crippen molar-refractivity contribution >= 4 is 29.1 Å². The van der Waals surface area contributed by atoms with Gasteiger partial charge in [0.05, 0.1) is 23.6 Å². The SMILES string of the molecule is CC(=O)c1ccc(N2C(=O)[C@@H]3[C@H](C2=O)[C@H](C(=O)c2ccc(C)cc2)N2CCC[C@@H]32)cc1. The molecule has 5 rings (SSSR count). The Morgan fingerprint density at radius 2 is 1.48 bits per heavy atom. The molecule has 2 aromatic rings. The molecular weight excluding hydrogens is 392 g/mol. The van der Waals surface area contributed by atoms with Crippen LogP contribution < -0.4 is 4.90 Å². The Bertz CT molecular complexity index is 1090. The highest BCUT2D eigenvalue weighted by atomic mass is 16.2. The zero-order valence-corrected chi connectivity index (χ0v) is 17.6. The summed E-state index contributed by atoms with van der Waals surface area (Å²) in [6, 6.07) is 13.2. The zero-order valence-electron chi connectivity index (χ0n) is 17.6. The van der Waals surface area contributed by atoms with Crippen LogP contribution in [0.2, 0.25) is 0 Å². The quantitative estimate of drug-likeness (QED) is 0.566. The highest BCUT2D eigenvalue weighted by Gasteiger charge is 2.64. The Balaban J connectivity index is 1.52. The van der Waals surface area contributed by atoms with Crippen molar-refractivity contribution in [2.45, 2.75) is 38.8 Å². The van der Waals surface area contributed by atoms with Crippen LogP contribution in [0.3, 0.4) is 0 Å². The molecule has 0 aromatic heterocycles. The predicted octanol–water partition coefficient (Wildman–Crippen LogP) is 3.03. The number of ketones is 2. The lowest BCUT2D eigenvalue weighted by atomic mass is 9.85. The molecule has 0 N–H and O–H groups in total. The summed E-state index contributed by atoms with van der Waals surface area (Å²) in [5, 5.41) is 0. The molecule has 6 heteroatoms. The van der Waals surface area contributed by atoms with E-state index in [1.54, 1.807) is 36.4 Å². The van der Waals surface area contributed by atoms with Crippen LogP contribution in [-0.2, 0) is 9.59 Å². The van der Waals surface area contributed by atoms with E-state index in [0.717, 1.165) is 24.9 Å². The van der Waals surface area contributed by atoms with Crippen molar-refractivity contribution in [3.8, 4) is 0 Å². The van der Waals surface area contributed by atoms with Gasteiger partial charge in [-0.15, -0.1) is 0 Å². The summed E-state index contributed by atoms with van der Waals surface area (Å²) in [6.07, 6.45) is 1.73. The van der Waals surface area contributed by atoms with E-state index in [2.05, 4.69) is 4.90 Å². The van der Waals surface area contributed by atoms with Crippen LogP contribution in [0.1, 0.15) is 46.0 Å². The van der Waals surface area contributed by atoms with Gasteiger partial charge < -0.3 is 0 Å². The Morgan fingerprint density at radius 1 is 0.871 bits per heavy atom. The molecule has 31 heavy (non-hydrogen) atoms. The number of fused-ring (bicyclic) bond motifs is 3. The predicted molar refractivity (Wildman–Crippen MR) is 115 cm³/mol. The number of hydrogen-bond donors (Lipinski definition) is 0. The number of aryl methyl sites for hydroxylation is 1. The van der Waals surface area contributed by atoms with Crippen LogP contribution >= 0.6 is 0 Å². The lowest BCUT2D eigenvalue weighted by molar-refractivity contribution is -0.123. The van der Waals surface area contributed by atoms with Gasteiger partial charge in [-0.25, -0.2) is 4.90 Å². The molecule has 2 aromatic carbocycles.